The Bertz CT molecular complexity index is 650. The third-order valence-electron chi connectivity index (χ3n) is 2.68. The molecule has 19 heavy (non-hydrogen) atoms. The Morgan fingerprint density at radius 1 is 0.947 bits per heavy atom. The highest BCUT2D eigenvalue weighted by atomic mass is 35.5. The van der Waals surface area contributed by atoms with E-state index in [9.17, 15) is 5.26 Å². The van der Waals surface area contributed by atoms with Crippen LogP contribution < -0.4 is 5.73 Å². The van der Waals surface area contributed by atoms with E-state index in [2.05, 4.69) is 6.07 Å². The van der Waals surface area contributed by atoms with Gasteiger partial charge in [-0.3, -0.25) is 0 Å². The van der Waals surface area contributed by atoms with Gasteiger partial charge in [0.05, 0.1) is 21.3 Å². The van der Waals surface area contributed by atoms with E-state index in [1.165, 1.54) is 0 Å². The Labute approximate surface area is 121 Å². The first-order chi connectivity index (χ1) is 9.15. The highest BCUT2D eigenvalue weighted by Gasteiger charge is 2.14. The maximum Gasteiger partial charge on any atom is 0.102 e. The van der Waals surface area contributed by atoms with Crippen molar-refractivity contribution in [2.45, 2.75) is 0 Å². The fraction of sp³-hybridized carbons (Fsp3) is 0. The van der Waals surface area contributed by atoms with E-state index in [-0.39, 0.29) is 5.70 Å². The number of halogens is 2. The van der Waals surface area contributed by atoms with Crippen molar-refractivity contribution in [2.24, 2.45) is 5.73 Å². The largest absolute Gasteiger partial charge is 0.397 e. The Hall–Kier alpha value is -1.95. The molecular weight excluding hydrogens is 279 g/mol. The molecule has 2 rings (SSSR count). The summed E-state index contributed by atoms with van der Waals surface area (Å²) in [5.74, 6) is 0. The molecule has 2 aromatic rings. The lowest BCUT2D eigenvalue weighted by Crippen LogP contribution is -2.02. The van der Waals surface area contributed by atoms with Crippen molar-refractivity contribution in [1.82, 2.24) is 0 Å². The lowest BCUT2D eigenvalue weighted by molar-refractivity contribution is 1.48. The first-order valence-electron chi connectivity index (χ1n) is 5.54. The average Bonchev–Trinajstić information content (AvgIpc) is 2.40. The summed E-state index contributed by atoms with van der Waals surface area (Å²) in [7, 11) is 0. The Morgan fingerprint density at radius 3 is 2.05 bits per heavy atom. The average molecular weight is 289 g/mol. The summed E-state index contributed by atoms with van der Waals surface area (Å²) in [6.45, 7) is 0. The molecule has 0 bridgehead atoms. The lowest BCUT2D eigenvalue weighted by atomic mass is 10.0. The predicted octanol–water partition coefficient (Wildman–Crippen LogP) is 4.34. The van der Waals surface area contributed by atoms with Gasteiger partial charge in [0, 0.05) is 5.56 Å². The summed E-state index contributed by atoms with van der Waals surface area (Å²) < 4.78 is 0. The topological polar surface area (TPSA) is 49.8 Å². The smallest absolute Gasteiger partial charge is 0.102 e. The molecule has 0 aliphatic heterocycles. The second-order valence-electron chi connectivity index (χ2n) is 3.86. The first kappa shape index (κ1) is 13.5. The molecule has 0 heterocycles. The number of nitrogens with zero attached hydrogens (tertiary/aromatic N) is 1. The number of rotatable bonds is 2. The van der Waals surface area contributed by atoms with Crippen LogP contribution in [-0.4, -0.2) is 0 Å². The van der Waals surface area contributed by atoms with Crippen molar-refractivity contribution >= 4 is 34.5 Å². The van der Waals surface area contributed by atoms with E-state index in [1.807, 2.05) is 30.3 Å². The van der Waals surface area contributed by atoms with Crippen LogP contribution >= 0.6 is 23.2 Å². The molecular formula is C15H10Cl2N2. The van der Waals surface area contributed by atoms with Gasteiger partial charge < -0.3 is 5.73 Å². The van der Waals surface area contributed by atoms with Crippen molar-refractivity contribution in [3.8, 4) is 6.07 Å². The molecule has 4 heteroatoms. The molecule has 0 aliphatic rings. The van der Waals surface area contributed by atoms with Gasteiger partial charge in [-0.1, -0.05) is 59.6 Å². The van der Waals surface area contributed by atoms with Gasteiger partial charge in [0.2, 0.25) is 0 Å². The van der Waals surface area contributed by atoms with Crippen LogP contribution in [0.5, 0.6) is 0 Å². The molecule has 2 N–H and O–H groups in total. The van der Waals surface area contributed by atoms with E-state index in [0.717, 1.165) is 5.56 Å². The minimum Gasteiger partial charge on any atom is -0.397 e. The number of allylic oxidation sites excluding steroid dienone is 1. The van der Waals surface area contributed by atoms with Gasteiger partial charge in [0.25, 0.3) is 0 Å². The third-order valence-corrected chi connectivity index (χ3v) is 3.31. The SMILES string of the molecule is N#C/C(=C(/N)c1c(Cl)cccc1Cl)c1ccccc1. The lowest BCUT2D eigenvalue weighted by Gasteiger charge is -2.10. The summed E-state index contributed by atoms with van der Waals surface area (Å²) in [4.78, 5) is 0. The zero-order valence-electron chi connectivity index (χ0n) is 9.90. The van der Waals surface area contributed by atoms with Gasteiger partial charge in [-0.25, -0.2) is 0 Å². The van der Waals surface area contributed by atoms with E-state index in [0.29, 0.717) is 21.2 Å². The van der Waals surface area contributed by atoms with Gasteiger partial charge in [-0.15, -0.1) is 0 Å². The highest BCUT2D eigenvalue weighted by Crippen LogP contribution is 2.32. The van der Waals surface area contributed by atoms with Crippen LogP contribution in [0.2, 0.25) is 10.0 Å². The fourth-order valence-corrected chi connectivity index (χ4v) is 2.37. The third kappa shape index (κ3) is 2.73. The van der Waals surface area contributed by atoms with Crippen LogP contribution in [0, 0.1) is 11.3 Å². The van der Waals surface area contributed by atoms with E-state index in [1.54, 1.807) is 18.2 Å². The van der Waals surface area contributed by atoms with Crippen molar-refractivity contribution in [2.75, 3.05) is 0 Å². The molecule has 0 aromatic heterocycles. The Kier molecular flexibility index (Phi) is 4.11. The molecule has 0 amide bonds. The van der Waals surface area contributed by atoms with Crippen LogP contribution in [0.25, 0.3) is 11.3 Å². The molecule has 0 atom stereocenters. The van der Waals surface area contributed by atoms with Gasteiger partial charge in [0.15, 0.2) is 0 Å². The monoisotopic (exact) mass is 288 g/mol. The van der Waals surface area contributed by atoms with Gasteiger partial charge >= 0.3 is 0 Å². The molecule has 94 valence electrons. The zero-order valence-corrected chi connectivity index (χ0v) is 11.4. The van der Waals surface area contributed by atoms with Crippen molar-refractivity contribution in [1.29, 1.82) is 5.26 Å². The van der Waals surface area contributed by atoms with Crippen LogP contribution in [0.1, 0.15) is 11.1 Å². The number of hydrogen-bond donors (Lipinski definition) is 1. The molecule has 0 fully saturated rings. The summed E-state index contributed by atoms with van der Waals surface area (Å²) >= 11 is 12.2. The normalized spacial score (nSPS) is 11.6. The van der Waals surface area contributed by atoms with Crippen LogP contribution in [-0.2, 0) is 0 Å². The summed E-state index contributed by atoms with van der Waals surface area (Å²) in [5, 5.41) is 10.2. The number of nitrogens with two attached hydrogens (primary N) is 1. The minimum absolute atomic E-state index is 0.282. The predicted molar refractivity (Wildman–Crippen MR) is 79.5 cm³/mol. The molecule has 2 aromatic carbocycles. The molecule has 0 spiro atoms. The van der Waals surface area contributed by atoms with Crippen LogP contribution in [0.4, 0.5) is 0 Å². The summed E-state index contributed by atoms with van der Waals surface area (Å²) in [5.41, 5.74) is 7.94. The van der Waals surface area contributed by atoms with Gasteiger partial charge in [0.1, 0.15) is 6.07 Å². The number of benzene rings is 2. The van der Waals surface area contributed by atoms with E-state index < -0.39 is 0 Å². The Morgan fingerprint density at radius 2 is 1.53 bits per heavy atom. The standard InChI is InChI=1S/C15H10Cl2N2/c16-12-7-4-8-13(17)14(12)15(19)11(9-18)10-5-2-1-3-6-10/h1-8H,19H2/b15-11-. The maximum absolute atomic E-state index is 9.32. The number of hydrogen-bond acceptors (Lipinski definition) is 2. The number of nitriles is 1. The van der Waals surface area contributed by atoms with Gasteiger partial charge in [-0.2, -0.15) is 5.26 Å². The van der Waals surface area contributed by atoms with Gasteiger partial charge in [-0.05, 0) is 17.7 Å². The first-order valence-corrected chi connectivity index (χ1v) is 6.30. The molecule has 0 aliphatic carbocycles. The summed E-state index contributed by atoms with van der Waals surface area (Å²) in [6.07, 6.45) is 0. The van der Waals surface area contributed by atoms with Crippen LogP contribution in [0.15, 0.2) is 48.5 Å². The zero-order chi connectivity index (χ0) is 13.8. The second-order valence-corrected chi connectivity index (χ2v) is 4.68. The molecule has 2 nitrogen and oxygen atoms in total. The van der Waals surface area contributed by atoms with Crippen molar-refractivity contribution in [3.63, 3.8) is 0 Å². The Balaban J connectivity index is 2.67. The van der Waals surface area contributed by atoms with E-state index >= 15 is 0 Å². The second kappa shape index (κ2) is 5.79. The highest BCUT2D eigenvalue weighted by molar-refractivity contribution is 6.38. The quantitative estimate of drug-likeness (QED) is 0.660. The van der Waals surface area contributed by atoms with Crippen molar-refractivity contribution in [3.05, 3.63) is 69.7 Å². The molecule has 0 saturated carbocycles. The van der Waals surface area contributed by atoms with Crippen molar-refractivity contribution < 1.29 is 0 Å². The van der Waals surface area contributed by atoms with E-state index in [4.69, 9.17) is 28.9 Å². The molecule has 0 unspecified atom stereocenters. The maximum atomic E-state index is 9.32. The molecule has 0 saturated heterocycles. The van der Waals surface area contributed by atoms with Crippen LogP contribution in [0.3, 0.4) is 0 Å². The minimum atomic E-state index is 0.282. The summed E-state index contributed by atoms with van der Waals surface area (Å²) in [6, 6.07) is 16.4. The molecule has 0 radical (unpaired) electrons. The fourth-order valence-electron chi connectivity index (χ4n) is 1.77.